The summed E-state index contributed by atoms with van der Waals surface area (Å²) < 4.78 is 35.8. The van der Waals surface area contributed by atoms with Gasteiger partial charge >= 0.3 is 6.18 Å². The van der Waals surface area contributed by atoms with Gasteiger partial charge in [0.25, 0.3) is 0 Å². The van der Waals surface area contributed by atoms with E-state index in [4.69, 9.17) is 0 Å². The van der Waals surface area contributed by atoms with E-state index in [0.717, 1.165) is 6.42 Å². The maximum atomic E-state index is 11.9. The summed E-state index contributed by atoms with van der Waals surface area (Å²) in [5.74, 6) is -0.660. The summed E-state index contributed by atoms with van der Waals surface area (Å²) in [6, 6.07) is 0. The molecule has 0 nitrogen and oxygen atoms in total. The van der Waals surface area contributed by atoms with Crippen molar-refractivity contribution in [3.63, 3.8) is 0 Å². The number of hydrogen-bond acceptors (Lipinski definition) is 0. The summed E-state index contributed by atoms with van der Waals surface area (Å²) in [6.07, 6.45) is -2.84. The Morgan fingerprint density at radius 1 is 1.36 bits per heavy atom. The largest absolute Gasteiger partial charge is 0.392 e. The van der Waals surface area contributed by atoms with Gasteiger partial charge in [0, 0.05) is 0 Å². The monoisotopic (exact) mass is 166 g/mol. The Hall–Kier alpha value is -0.210. The van der Waals surface area contributed by atoms with Crippen LogP contribution in [-0.2, 0) is 0 Å². The summed E-state index contributed by atoms with van der Waals surface area (Å²) in [5, 5.41) is 0. The molecule has 2 atom stereocenters. The quantitative estimate of drug-likeness (QED) is 0.590. The van der Waals surface area contributed by atoms with Crippen LogP contribution in [0.15, 0.2) is 0 Å². The van der Waals surface area contributed by atoms with Gasteiger partial charge in [-0.05, 0) is 24.7 Å². The second-order valence-electron chi connectivity index (χ2n) is 3.77. The number of alkyl halides is 3. The van der Waals surface area contributed by atoms with E-state index in [2.05, 4.69) is 0 Å². The molecule has 1 fully saturated rings. The highest BCUT2D eigenvalue weighted by molar-refractivity contribution is 4.91. The molecular weight excluding hydrogens is 153 g/mol. The lowest BCUT2D eigenvalue weighted by Crippen LogP contribution is -2.12. The highest BCUT2D eigenvalue weighted by atomic mass is 19.4. The lowest BCUT2D eigenvalue weighted by molar-refractivity contribution is -0.151. The molecular formula is C8H13F3. The molecule has 1 saturated carbocycles. The fourth-order valence-electron chi connectivity index (χ4n) is 1.51. The third-order valence-electron chi connectivity index (χ3n) is 2.12. The maximum Gasteiger partial charge on any atom is 0.392 e. The van der Waals surface area contributed by atoms with Crippen LogP contribution in [0.3, 0.4) is 0 Å². The van der Waals surface area contributed by atoms with Gasteiger partial charge in [-0.15, -0.1) is 0 Å². The molecule has 0 N–H and O–H groups in total. The number of halogens is 3. The summed E-state index contributed by atoms with van der Waals surface area (Å²) in [5.41, 5.74) is 0. The molecule has 0 radical (unpaired) electrons. The second kappa shape index (κ2) is 2.68. The van der Waals surface area contributed by atoms with Crippen molar-refractivity contribution in [2.45, 2.75) is 32.9 Å². The van der Waals surface area contributed by atoms with Gasteiger partial charge < -0.3 is 0 Å². The Morgan fingerprint density at radius 3 is 2.18 bits per heavy atom. The minimum absolute atomic E-state index is 0.0741. The molecule has 0 heterocycles. The Morgan fingerprint density at radius 2 is 1.91 bits per heavy atom. The molecule has 1 aliphatic carbocycles. The van der Waals surface area contributed by atoms with Gasteiger partial charge in [0.05, 0.1) is 5.92 Å². The molecule has 0 bridgehead atoms. The van der Waals surface area contributed by atoms with Gasteiger partial charge in [-0.3, -0.25) is 0 Å². The summed E-state index contributed by atoms with van der Waals surface area (Å²) >= 11 is 0. The Kier molecular flexibility index (Phi) is 2.17. The first-order chi connectivity index (χ1) is 4.91. The van der Waals surface area contributed by atoms with Crippen molar-refractivity contribution in [1.82, 2.24) is 0 Å². The highest BCUT2D eigenvalue weighted by Gasteiger charge is 2.55. The molecule has 1 aliphatic rings. The molecule has 1 rings (SSSR count). The van der Waals surface area contributed by atoms with E-state index in [-0.39, 0.29) is 5.92 Å². The van der Waals surface area contributed by atoms with Crippen LogP contribution in [0, 0.1) is 17.8 Å². The average Bonchev–Trinajstić information content (AvgIpc) is 2.40. The number of rotatable bonds is 2. The molecule has 11 heavy (non-hydrogen) atoms. The molecule has 0 aromatic rings. The molecule has 0 spiro atoms. The third-order valence-corrected chi connectivity index (χ3v) is 2.12. The van der Waals surface area contributed by atoms with Crippen LogP contribution in [0.2, 0.25) is 0 Å². The smallest absolute Gasteiger partial charge is 0.171 e. The van der Waals surface area contributed by atoms with E-state index in [1.165, 1.54) is 0 Å². The zero-order chi connectivity index (χ0) is 8.65. The van der Waals surface area contributed by atoms with Gasteiger partial charge in [0.15, 0.2) is 0 Å². The molecule has 1 unspecified atom stereocenters. The maximum absolute atomic E-state index is 11.9. The molecule has 3 heteroatoms. The van der Waals surface area contributed by atoms with Gasteiger partial charge in [-0.1, -0.05) is 13.8 Å². The Balaban J connectivity index is 2.27. The van der Waals surface area contributed by atoms with Crippen molar-refractivity contribution in [2.24, 2.45) is 17.8 Å². The van der Waals surface area contributed by atoms with Crippen molar-refractivity contribution >= 4 is 0 Å². The minimum atomic E-state index is -3.93. The highest BCUT2D eigenvalue weighted by Crippen LogP contribution is 2.52. The van der Waals surface area contributed by atoms with E-state index in [0.29, 0.717) is 12.3 Å². The third kappa shape index (κ3) is 2.38. The Bertz CT molecular complexity index is 137. The first-order valence-corrected chi connectivity index (χ1v) is 3.98. The molecule has 0 aliphatic heterocycles. The van der Waals surface area contributed by atoms with E-state index < -0.39 is 12.1 Å². The first kappa shape index (κ1) is 8.88. The topological polar surface area (TPSA) is 0 Å². The van der Waals surface area contributed by atoms with Crippen LogP contribution < -0.4 is 0 Å². The van der Waals surface area contributed by atoms with Crippen LogP contribution in [0.25, 0.3) is 0 Å². The molecule has 0 aromatic heterocycles. The predicted octanol–water partition coefficient (Wildman–Crippen LogP) is 3.23. The van der Waals surface area contributed by atoms with Crippen molar-refractivity contribution in [3.8, 4) is 0 Å². The summed E-state index contributed by atoms with van der Waals surface area (Å²) in [4.78, 5) is 0. The zero-order valence-corrected chi connectivity index (χ0v) is 6.78. The van der Waals surface area contributed by atoms with Crippen molar-refractivity contribution in [1.29, 1.82) is 0 Å². The van der Waals surface area contributed by atoms with Gasteiger partial charge in [-0.25, -0.2) is 0 Å². The van der Waals surface area contributed by atoms with Crippen LogP contribution >= 0.6 is 0 Å². The average molecular weight is 166 g/mol. The normalized spacial score (nSPS) is 31.1. The molecule has 0 amide bonds. The molecule has 0 aromatic carbocycles. The first-order valence-electron chi connectivity index (χ1n) is 3.98. The standard InChI is InChI=1S/C8H13F3/c1-5(2)3-6-4-7(6)8(9,10)11/h5-7H,3-4H2,1-2H3/t6?,7-/m0/s1. The van der Waals surface area contributed by atoms with Crippen molar-refractivity contribution < 1.29 is 13.2 Å². The van der Waals surface area contributed by atoms with E-state index in [1.807, 2.05) is 13.8 Å². The minimum Gasteiger partial charge on any atom is -0.171 e. The van der Waals surface area contributed by atoms with Crippen LogP contribution in [0.1, 0.15) is 26.7 Å². The lowest BCUT2D eigenvalue weighted by Gasteiger charge is -2.06. The Labute approximate surface area is 64.8 Å². The second-order valence-corrected chi connectivity index (χ2v) is 3.77. The van der Waals surface area contributed by atoms with Crippen molar-refractivity contribution in [2.75, 3.05) is 0 Å². The zero-order valence-electron chi connectivity index (χ0n) is 6.78. The molecule has 0 saturated heterocycles. The van der Waals surface area contributed by atoms with Gasteiger partial charge in [0.1, 0.15) is 0 Å². The van der Waals surface area contributed by atoms with Crippen LogP contribution in [0.4, 0.5) is 13.2 Å². The van der Waals surface area contributed by atoms with Gasteiger partial charge in [-0.2, -0.15) is 13.2 Å². The number of hydrogen-bond donors (Lipinski definition) is 0. The summed E-state index contributed by atoms with van der Waals surface area (Å²) in [6.45, 7) is 3.93. The van der Waals surface area contributed by atoms with E-state index in [1.54, 1.807) is 0 Å². The fraction of sp³-hybridized carbons (Fsp3) is 1.00. The van der Waals surface area contributed by atoms with E-state index >= 15 is 0 Å². The lowest BCUT2D eigenvalue weighted by atomic mass is 10.1. The van der Waals surface area contributed by atoms with Crippen LogP contribution in [0.5, 0.6) is 0 Å². The van der Waals surface area contributed by atoms with Crippen molar-refractivity contribution in [3.05, 3.63) is 0 Å². The van der Waals surface area contributed by atoms with Gasteiger partial charge in [0.2, 0.25) is 0 Å². The molecule has 66 valence electrons. The van der Waals surface area contributed by atoms with Crippen LogP contribution in [-0.4, -0.2) is 6.18 Å². The fourth-order valence-corrected chi connectivity index (χ4v) is 1.51. The summed E-state index contributed by atoms with van der Waals surface area (Å²) in [7, 11) is 0. The predicted molar refractivity (Wildman–Crippen MR) is 37.1 cm³/mol. The van der Waals surface area contributed by atoms with E-state index in [9.17, 15) is 13.2 Å². The SMILES string of the molecule is CC(C)CC1C[C@@H]1C(F)(F)F.